The fraction of sp³-hybridized carbons (Fsp3) is 0.200. The van der Waals surface area contributed by atoms with Crippen molar-refractivity contribution >= 4 is 5.69 Å². The molecule has 0 fully saturated rings. The average molecular weight is 309 g/mol. The van der Waals surface area contributed by atoms with Crippen LogP contribution in [0.25, 0.3) is 0 Å². The molecule has 0 heterocycles. The van der Waals surface area contributed by atoms with Gasteiger partial charge in [-0.05, 0) is 30.3 Å². The molecule has 2 aromatic carbocycles. The quantitative estimate of drug-likeness (QED) is 0.444. The van der Waals surface area contributed by atoms with Gasteiger partial charge in [0.2, 0.25) is 0 Å². The fourth-order valence-corrected chi connectivity index (χ4v) is 1.68. The number of nitrogens with zero attached hydrogens (tertiary/aromatic N) is 1. The lowest BCUT2D eigenvalue weighted by atomic mass is 10.3. The number of benzene rings is 2. The summed E-state index contributed by atoms with van der Waals surface area (Å²) in [5.74, 6) is -0.645. The zero-order chi connectivity index (χ0) is 15.9. The normalized spacial score (nSPS) is 10.3. The molecule has 0 aliphatic heterocycles. The molecular formula is C15H13F2NO4. The third-order valence-electron chi connectivity index (χ3n) is 2.75. The maximum absolute atomic E-state index is 13.5. The summed E-state index contributed by atoms with van der Waals surface area (Å²) in [4.78, 5) is 9.80. The second-order valence-corrected chi connectivity index (χ2v) is 4.38. The number of ether oxygens (including phenoxy) is 2. The van der Waals surface area contributed by atoms with E-state index in [1.54, 1.807) is 0 Å². The van der Waals surface area contributed by atoms with Crippen molar-refractivity contribution < 1.29 is 23.2 Å². The van der Waals surface area contributed by atoms with E-state index in [1.165, 1.54) is 36.4 Å². The molecule has 0 atom stereocenters. The van der Waals surface area contributed by atoms with Crippen LogP contribution in [-0.2, 0) is 0 Å². The van der Waals surface area contributed by atoms with Crippen molar-refractivity contribution in [1.29, 1.82) is 0 Å². The van der Waals surface area contributed by atoms with E-state index in [-0.39, 0.29) is 23.9 Å². The summed E-state index contributed by atoms with van der Waals surface area (Å²) in [6.45, 7) is 0.510. The van der Waals surface area contributed by atoms with E-state index in [0.29, 0.717) is 18.8 Å². The van der Waals surface area contributed by atoms with E-state index in [0.717, 1.165) is 6.07 Å². The van der Waals surface area contributed by atoms with Crippen LogP contribution < -0.4 is 9.47 Å². The zero-order valence-corrected chi connectivity index (χ0v) is 11.5. The lowest BCUT2D eigenvalue weighted by molar-refractivity contribution is -0.385. The third-order valence-corrected chi connectivity index (χ3v) is 2.75. The number of non-ortho nitro benzene ring substituents is 1. The van der Waals surface area contributed by atoms with E-state index >= 15 is 0 Å². The van der Waals surface area contributed by atoms with Crippen LogP contribution in [0.15, 0.2) is 42.5 Å². The Labute approximate surface area is 125 Å². The first-order valence-corrected chi connectivity index (χ1v) is 6.51. The van der Waals surface area contributed by atoms with E-state index in [9.17, 15) is 18.9 Å². The second-order valence-electron chi connectivity index (χ2n) is 4.38. The summed E-state index contributed by atoms with van der Waals surface area (Å²) < 4.78 is 36.7. The molecule has 0 unspecified atom stereocenters. The van der Waals surface area contributed by atoms with Gasteiger partial charge >= 0.3 is 0 Å². The molecule has 0 radical (unpaired) electrons. The standard InChI is InChI=1S/C15H13F2NO4/c16-11-2-5-13(6-3-11)21-8-1-9-22-15-7-4-12(18(19)20)10-14(15)17/h2-7,10H,1,8-9H2. The Morgan fingerprint density at radius 2 is 1.68 bits per heavy atom. The Morgan fingerprint density at radius 1 is 1.00 bits per heavy atom. The molecule has 0 aliphatic rings. The van der Waals surface area contributed by atoms with Crippen LogP contribution in [-0.4, -0.2) is 18.1 Å². The van der Waals surface area contributed by atoms with Crippen molar-refractivity contribution in [3.05, 3.63) is 64.2 Å². The largest absolute Gasteiger partial charge is 0.493 e. The van der Waals surface area contributed by atoms with Crippen LogP contribution in [0.1, 0.15) is 6.42 Å². The first kappa shape index (κ1) is 15.7. The van der Waals surface area contributed by atoms with Crippen molar-refractivity contribution in [3.8, 4) is 11.5 Å². The lowest BCUT2D eigenvalue weighted by Crippen LogP contribution is -2.06. The highest BCUT2D eigenvalue weighted by molar-refractivity contribution is 5.37. The number of nitro benzene ring substituents is 1. The van der Waals surface area contributed by atoms with Crippen LogP contribution >= 0.6 is 0 Å². The van der Waals surface area contributed by atoms with Gasteiger partial charge in [0.25, 0.3) is 5.69 Å². The lowest BCUT2D eigenvalue weighted by Gasteiger charge is -2.08. The monoisotopic (exact) mass is 309 g/mol. The predicted octanol–water partition coefficient (Wildman–Crippen LogP) is 3.72. The highest BCUT2D eigenvalue weighted by Crippen LogP contribution is 2.22. The molecule has 7 heteroatoms. The van der Waals surface area contributed by atoms with Crippen molar-refractivity contribution in [3.63, 3.8) is 0 Å². The minimum Gasteiger partial charge on any atom is -0.493 e. The summed E-state index contributed by atoms with van der Waals surface area (Å²) in [5.41, 5.74) is -0.329. The van der Waals surface area contributed by atoms with Gasteiger partial charge in [-0.15, -0.1) is 0 Å². The maximum atomic E-state index is 13.5. The van der Waals surface area contributed by atoms with Gasteiger partial charge in [0.15, 0.2) is 11.6 Å². The molecule has 0 saturated heterocycles. The molecule has 2 rings (SSSR count). The summed E-state index contributed by atoms with van der Waals surface area (Å²) in [6, 6.07) is 8.79. The third kappa shape index (κ3) is 4.41. The van der Waals surface area contributed by atoms with Gasteiger partial charge in [0.05, 0.1) is 24.2 Å². The Bertz CT molecular complexity index is 646. The first-order valence-electron chi connectivity index (χ1n) is 6.51. The van der Waals surface area contributed by atoms with Crippen molar-refractivity contribution in [2.24, 2.45) is 0 Å². The van der Waals surface area contributed by atoms with Gasteiger partial charge in [-0.3, -0.25) is 10.1 Å². The average Bonchev–Trinajstić information content (AvgIpc) is 2.50. The molecule has 22 heavy (non-hydrogen) atoms. The van der Waals surface area contributed by atoms with Crippen molar-refractivity contribution in [2.75, 3.05) is 13.2 Å². The van der Waals surface area contributed by atoms with Crippen molar-refractivity contribution in [1.82, 2.24) is 0 Å². The molecule has 0 saturated carbocycles. The summed E-state index contributed by atoms with van der Waals surface area (Å²) in [7, 11) is 0. The SMILES string of the molecule is O=[N+]([O-])c1ccc(OCCCOc2ccc(F)cc2)c(F)c1. The van der Waals surface area contributed by atoms with E-state index in [4.69, 9.17) is 9.47 Å². The summed E-state index contributed by atoms with van der Waals surface area (Å²) >= 11 is 0. The van der Waals surface area contributed by atoms with Crippen molar-refractivity contribution in [2.45, 2.75) is 6.42 Å². The topological polar surface area (TPSA) is 61.6 Å². The smallest absolute Gasteiger partial charge is 0.272 e. The molecule has 0 N–H and O–H groups in total. The molecular weight excluding hydrogens is 296 g/mol. The number of hydrogen-bond acceptors (Lipinski definition) is 4. The predicted molar refractivity (Wildman–Crippen MR) is 75.1 cm³/mol. The molecule has 0 aromatic heterocycles. The van der Waals surface area contributed by atoms with Crippen LogP contribution in [0.4, 0.5) is 14.5 Å². The van der Waals surface area contributed by atoms with Gasteiger partial charge < -0.3 is 9.47 Å². The Hall–Kier alpha value is -2.70. The molecule has 0 bridgehead atoms. The van der Waals surface area contributed by atoms with Crippen LogP contribution in [0.3, 0.4) is 0 Å². The van der Waals surface area contributed by atoms with E-state index in [1.807, 2.05) is 0 Å². The Kier molecular flexibility index (Phi) is 5.24. The zero-order valence-electron chi connectivity index (χ0n) is 11.5. The summed E-state index contributed by atoms with van der Waals surface area (Å²) in [5, 5.41) is 10.5. The molecule has 2 aromatic rings. The highest BCUT2D eigenvalue weighted by Gasteiger charge is 2.11. The molecule has 0 aliphatic carbocycles. The second kappa shape index (κ2) is 7.35. The number of halogens is 2. The van der Waals surface area contributed by atoms with Crippen LogP contribution in [0, 0.1) is 21.7 Å². The fourth-order valence-electron chi connectivity index (χ4n) is 1.68. The number of hydrogen-bond donors (Lipinski definition) is 0. The van der Waals surface area contributed by atoms with Gasteiger partial charge in [-0.25, -0.2) is 8.78 Å². The molecule has 0 amide bonds. The minimum atomic E-state index is -0.784. The molecule has 116 valence electrons. The summed E-state index contributed by atoms with van der Waals surface area (Å²) in [6.07, 6.45) is 0.480. The van der Waals surface area contributed by atoms with Gasteiger partial charge in [-0.2, -0.15) is 0 Å². The maximum Gasteiger partial charge on any atom is 0.272 e. The van der Waals surface area contributed by atoms with Gasteiger partial charge in [-0.1, -0.05) is 0 Å². The Balaban J connectivity index is 1.74. The number of nitro groups is 1. The van der Waals surface area contributed by atoms with Crippen LogP contribution in [0.5, 0.6) is 11.5 Å². The van der Waals surface area contributed by atoms with Gasteiger partial charge in [0.1, 0.15) is 11.6 Å². The highest BCUT2D eigenvalue weighted by atomic mass is 19.1. The van der Waals surface area contributed by atoms with E-state index < -0.39 is 10.7 Å². The molecule has 5 nitrogen and oxygen atoms in total. The minimum absolute atomic E-state index is 0.0487. The van der Waals surface area contributed by atoms with E-state index in [2.05, 4.69) is 0 Å². The number of rotatable bonds is 7. The van der Waals surface area contributed by atoms with Gasteiger partial charge in [0, 0.05) is 12.5 Å². The van der Waals surface area contributed by atoms with Crippen LogP contribution in [0.2, 0.25) is 0 Å². The Morgan fingerprint density at radius 3 is 2.32 bits per heavy atom. The first-order chi connectivity index (χ1) is 10.6. The molecule has 0 spiro atoms.